The van der Waals surface area contributed by atoms with Crippen molar-refractivity contribution in [2.45, 2.75) is 129 Å². The Bertz CT molecular complexity index is 455. The summed E-state index contributed by atoms with van der Waals surface area (Å²) in [7, 11) is -4.36. The first-order valence-corrected chi connectivity index (χ1v) is 12.5. The zero-order valence-corrected chi connectivity index (χ0v) is 18.9. The molecule has 0 rings (SSSR count). The predicted octanol–water partition coefficient (Wildman–Crippen LogP) is 7.40. The van der Waals surface area contributed by atoms with Crippen LogP contribution in [0.25, 0.3) is 0 Å². The predicted molar refractivity (Wildman–Crippen MR) is 115 cm³/mol. The Morgan fingerprint density at radius 3 is 1.59 bits per heavy atom. The highest BCUT2D eigenvalue weighted by Gasteiger charge is 2.24. The largest absolute Gasteiger partial charge is 0.397 e. The molecule has 162 valence electrons. The van der Waals surface area contributed by atoms with E-state index < -0.39 is 16.0 Å². The summed E-state index contributed by atoms with van der Waals surface area (Å²) in [6, 6.07) is 0. The Labute approximate surface area is 169 Å². The number of rotatable bonds is 19. The number of hydrogen-bond donors (Lipinski definition) is 1. The highest BCUT2D eigenvalue weighted by Crippen LogP contribution is 2.21. The van der Waals surface area contributed by atoms with Gasteiger partial charge in [0.2, 0.25) is 0 Å². The van der Waals surface area contributed by atoms with Gasteiger partial charge in [0, 0.05) is 0 Å². The molecule has 0 heterocycles. The minimum Gasteiger partial charge on any atom is -0.264 e. The highest BCUT2D eigenvalue weighted by atomic mass is 32.3. The van der Waals surface area contributed by atoms with Gasteiger partial charge in [-0.25, -0.2) is 4.18 Å². The minimum atomic E-state index is -4.36. The molecule has 1 N–H and O–H groups in total. The van der Waals surface area contributed by atoms with Gasteiger partial charge in [-0.2, -0.15) is 8.42 Å². The summed E-state index contributed by atoms with van der Waals surface area (Å²) in [5, 5.41) is 0. The maximum absolute atomic E-state index is 10.8. The zero-order valence-electron chi connectivity index (χ0n) is 18.0. The first kappa shape index (κ1) is 26.6. The van der Waals surface area contributed by atoms with E-state index in [1.54, 1.807) is 13.8 Å². The fourth-order valence-electron chi connectivity index (χ4n) is 3.30. The van der Waals surface area contributed by atoms with Gasteiger partial charge in [0.05, 0.1) is 5.60 Å². The summed E-state index contributed by atoms with van der Waals surface area (Å²) in [5.74, 6) is 0. The van der Waals surface area contributed by atoms with Gasteiger partial charge in [0.15, 0.2) is 0 Å². The van der Waals surface area contributed by atoms with E-state index in [9.17, 15) is 8.42 Å². The van der Waals surface area contributed by atoms with Crippen molar-refractivity contribution in [3.63, 3.8) is 0 Å². The summed E-state index contributed by atoms with van der Waals surface area (Å²) < 4.78 is 34.9. The van der Waals surface area contributed by atoms with Gasteiger partial charge in [-0.3, -0.25) is 4.55 Å². The Balaban J connectivity index is 3.35. The van der Waals surface area contributed by atoms with Gasteiger partial charge in [0.25, 0.3) is 0 Å². The van der Waals surface area contributed by atoms with E-state index in [0.717, 1.165) is 12.8 Å². The van der Waals surface area contributed by atoms with Crippen molar-refractivity contribution in [3.05, 3.63) is 12.2 Å². The lowest BCUT2D eigenvalue weighted by molar-refractivity contribution is 0.0876. The average molecular weight is 405 g/mol. The molecule has 0 aromatic heterocycles. The van der Waals surface area contributed by atoms with E-state index in [0.29, 0.717) is 6.42 Å². The van der Waals surface area contributed by atoms with E-state index in [4.69, 9.17) is 4.55 Å². The molecule has 0 aliphatic rings. The minimum absolute atomic E-state index is 0.635. The van der Waals surface area contributed by atoms with Gasteiger partial charge in [0.1, 0.15) is 0 Å². The molecule has 0 saturated heterocycles. The van der Waals surface area contributed by atoms with E-state index in [2.05, 4.69) is 23.3 Å². The molecule has 0 unspecified atom stereocenters. The molecule has 4 nitrogen and oxygen atoms in total. The lowest BCUT2D eigenvalue weighted by atomic mass is 9.99. The number of unbranched alkanes of at least 4 members (excludes halogenated alkanes) is 13. The van der Waals surface area contributed by atoms with E-state index in [-0.39, 0.29) is 0 Å². The van der Waals surface area contributed by atoms with Crippen LogP contribution >= 0.6 is 0 Å². The summed E-state index contributed by atoms with van der Waals surface area (Å²) in [6.45, 7) is 5.65. The number of allylic oxidation sites excluding steroid dienone is 2. The monoisotopic (exact) mass is 404 g/mol. The molecule has 5 heteroatoms. The Kier molecular flexibility index (Phi) is 16.3. The molecule has 0 amide bonds. The molecule has 0 aliphatic carbocycles. The second kappa shape index (κ2) is 16.6. The van der Waals surface area contributed by atoms with Gasteiger partial charge >= 0.3 is 10.4 Å². The van der Waals surface area contributed by atoms with Crippen LogP contribution in [0.15, 0.2) is 12.2 Å². The van der Waals surface area contributed by atoms with Gasteiger partial charge in [-0.05, 0) is 46.0 Å². The van der Waals surface area contributed by atoms with Crippen molar-refractivity contribution < 1.29 is 17.2 Å². The first-order valence-electron chi connectivity index (χ1n) is 11.1. The van der Waals surface area contributed by atoms with Crippen LogP contribution in [0.4, 0.5) is 0 Å². The van der Waals surface area contributed by atoms with E-state index >= 15 is 0 Å². The molecule has 0 aromatic rings. The lowest BCUT2D eigenvalue weighted by Gasteiger charge is -2.22. The molecular formula is C22H44O4S. The molecule has 0 spiro atoms. The van der Waals surface area contributed by atoms with Crippen molar-refractivity contribution in [2.75, 3.05) is 0 Å². The SMILES string of the molecule is CCCCCCCC/C=C\CCCCCCCCCC(C)(C)OS(=O)(=O)O. The van der Waals surface area contributed by atoms with Crippen molar-refractivity contribution in [2.24, 2.45) is 0 Å². The average Bonchev–Trinajstić information content (AvgIpc) is 2.55. The van der Waals surface area contributed by atoms with E-state index in [1.165, 1.54) is 83.5 Å². The Morgan fingerprint density at radius 2 is 1.15 bits per heavy atom. The molecule has 0 bridgehead atoms. The molecule has 0 fully saturated rings. The third-order valence-electron chi connectivity index (χ3n) is 4.87. The highest BCUT2D eigenvalue weighted by molar-refractivity contribution is 7.80. The number of hydrogen-bond acceptors (Lipinski definition) is 3. The van der Waals surface area contributed by atoms with Crippen LogP contribution in [-0.4, -0.2) is 18.6 Å². The molecule has 0 aliphatic heterocycles. The van der Waals surface area contributed by atoms with Crippen LogP contribution in [0.1, 0.15) is 124 Å². The van der Waals surface area contributed by atoms with Gasteiger partial charge in [-0.15, -0.1) is 0 Å². The van der Waals surface area contributed by atoms with Crippen LogP contribution in [0, 0.1) is 0 Å². The van der Waals surface area contributed by atoms with Crippen molar-refractivity contribution >= 4 is 10.4 Å². The molecule has 0 saturated carbocycles. The van der Waals surface area contributed by atoms with Gasteiger partial charge < -0.3 is 0 Å². The van der Waals surface area contributed by atoms with Crippen molar-refractivity contribution in [3.8, 4) is 0 Å². The second-order valence-corrected chi connectivity index (χ2v) is 9.33. The Hall–Kier alpha value is -0.390. The topological polar surface area (TPSA) is 63.6 Å². The normalized spacial score (nSPS) is 12.9. The third-order valence-corrected chi connectivity index (χ3v) is 5.53. The fraction of sp³-hybridized carbons (Fsp3) is 0.909. The Morgan fingerprint density at radius 1 is 0.741 bits per heavy atom. The standard InChI is InChI=1S/C22H44O4S/c1-4-5-6-7-8-9-10-11-12-13-14-15-16-17-18-19-20-21-22(2,3)26-27(23,24)25/h11-12H,4-10,13-21H2,1-3H3,(H,23,24,25)/b12-11-. The van der Waals surface area contributed by atoms with Crippen LogP contribution in [-0.2, 0) is 14.6 Å². The maximum Gasteiger partial charge on any atom is 0.397 e. The van der Waals surface area contributed by atoms with Crippen molar-refractivity contribution in [1.29, 1.82) is 0 Å². The summed E-state index contributed by atoms with van der Waals surface area (Å²) in [4.78, 5) is 0. The smallest absolute Gasteiger partial charge is 0.264 e. The van der Waals surface area contributed by atoms with Crippen molar-refractivity contribution in [1.82, 2.24) is 0 Å². The van der Waals surface area contributed by atoms with E-state index in [1.807, 2.05) is 0 Å². The first-order chi connectivity index (χ1) is 12.8. The third kappa shape index (κ3) is 21.8. The fourth-order valence-corrected chi connectivity index (χ4v) is 3.96. The maximum atomic E-state index is 10.8. The van der Waals surface area contributed by atoms with Gasteiger partial charge in [-0.1, -0.05) is 89.7 Å². The molecule has 0 aromatic carbocycles. The quantitative estimate of drug-likeness (QED) is 0.138. The lowest BCUT2D eigenvalue weighted by Crippen LogP contribution is -2.27. The van der Waals surface area contributed by atoms with Crippen LogP contribution in [0.3, 0.4) is 0 Å². The summed E-state index contributed by atoms with van der Waals surface area (Å²) in [6.07, 6.45) is 24.3. The zero-order chi connectivity index (χ0) is 20.4. The summed E-state index contributed by atoms with van der Waals surface area (Å²) >= 11 is 0. The second-order valence-electron chi connectivity index (χ2n) is 8.31. The van der Waals surface area contributed by atoms with Crippen LogP contribution < -0.4 is 0 Å². The molecular weight excluding hydrogens is 360 g/mol. The van der Waals surface area contributed by atoms with Crippen LogP contribution in [0.2, 0.25) is 0 Å². The molecule has 0 atom stereocenters. The molecule has 27 heavy (non-hydrogen) atoms. The van der Waals surface area contributed by atoms with Crippen LogP contribution in [0.5, 0.6) is 0 Å². The summed E-state index contributed by atoms with van der Waals surface area (Å²) in [5.41, 5.74) is -0.824. The molecule has 0 radical (unpaired) electrons.